The zero-order chi connectivity index (χ0) is 25.0. The highest BCUT2D eigenvalue weighted by Gasteiger charge is 2.21. The van der Waals surface area contributed by atoms with Crippen LogP contribution in [0.2, 0.25) is 10.0 Å². The highest BCUT2D eigenvalue weighted by Crippen LogP contribution is 2.35. The quantitative estimate of drug-likeness (QED) is 0.108. The second kappa shape index (κ2) is 10.8. The second-order valence-electron chi connectivity index (χ2n) is 7.68. The van der Waals surface area contributed by atoms with Crippen LogP contribution in [0.3, 0.4) is 0 Å². The number of rotatable bonds is 7. The van der Waals surface area contributed by atoms with Gasteiger partial charge in [0.15, 0.2) is 0 Å². The molecule has 0 spiro atoms. The third-order valence-electron chi connectivity index (χ3n) is 5.16. The first-order valence-corrected chi connectivity index (χ1v) is 13.7. The summed E-state index contributed by atoms with van der Waals surface area (Å²) in [5, 5.41) is 3.29. The molecule has 4 rings (SSSR count). The van der Waals surface area contributed by atoms with Crippen molar-refractivity contribution in [3.8, 4) is 0 Å². The molecule has 0 atom stereocenters. The SMILES string of the molecule is Cc1cc(S(=O)(=O)/N=C(/N)NNc2ccc(Cl)cc2)c(SCc2cccc3ccccc23)cc1Cl. The molecule has 0 aromatic heterocycles. The predicted octanol–water partition coefficient (Wildman–Crippen LogP) is 6.37. The predicted molar refractivity (Wildman–Crippen MR) is 147 cm³/mol. The van der Waals surface area contributed by atoms with E-state index in [4.69, 9.17) is 28.9 Å². The highest BCUT2D eigenvalue weighted by atomic mass is 35.5. The standard InChI is InChI=1S/C25H22Cl2N4O2S2/c1-16-13-24(35(32,33)31-25(28)30-29-20-11-9-19(26)10-12-20)23(14-22(16)27)34-15-18-7-4-6-17-5-2-3-8-21(17)18/h2-14,29H,15H2,1H3,(H3,28,30,31). The van der Waals surface area contributed by atoms with Crippen LogP contribution in [0, 0.1) is 6.92 Å². The molecule has 0 saturated carbocycles. The zero-order valence-electron chi connectivity index (χ0n) is 18.6. The minimum Gasteiger partial charge on any atom is -0.368 e. The third kappa shape index (κ3) is 6.21. The molecule has 0 bridgehead atoms. The van der Waals surface area contributed by atoms with Crippen molar-refractivity contribution >= 4 is 67.4 Å². The Morgan fingerprint density at radius 1 is 1.00 bits per heavy atom. The number of thioether (sulfide) groups is 1. The molecule has 0 fully saturated rings. The van der Waals surface area contributed by atoms with Crippen LogP contribution in [0.4, 0.5) is 5.69 Å². The Morgan fingerprint density at radius 3 is 2.49 bits per heavy atom. The number of hydrogen-bond acceptors (Lipinski definition) is 4. The van der Waals surface area contributed by atoms with Crippen LogP contribution in [0.25, 0.3) is 10.8 Å². The number of anilines is 1. The van der Waals surface area contributed by atoms with E-state index in [1.165, 1.54) is 17.8 Å². The highest BCUT2D eigenvalue weighted by molar-refractivity contribution is 7.99. The molecule has 0 aliphatic rings. The van der Waals surface area contributed by atoms with Gasteiger partial charge in [-0.05, 0) is 65.2 Å². The summed E-state index contributed by atoms with van der Waals surface area (Å²) in [6.45, 7) is 1.74. The normalized spacial score (nSPS) is 12.0. The van der Waals surface area contributed by atoms with Gasteiger partial charge in [0.05, 0.1) is 5.69 Å². The van der Waals surface area contributed by atoms with Gasteiger partial charge in [0, 0.05) is 20.7 Å². The fraction of sp³-hybridized carbons (Fsp3) is 0.0800. The molecular weight excluding hydrogens is 523 g/mol. The number of sulfonamides is 1. The summed E-state index contributed by atoms with van der Waals surface area (Å²) in [5.41, 5.74) is 13.6. The molecule has 0 aliphatic heterocycles. The van der Waals surface area contributed by atoms with Crippen LogP contribution in [0.1, 0.15) is 11.1 Å². The van der Waals surface area contributed by atoms with Crippen molar-refractivity contribution in [3.05, 3.63) is 100 Å². The van der Waals surface area contributed by atoms with Crippen molar-refractivity contribution < 1.29 is 8.42 Å². The molecule has 180 valence electrons. The number of guanidine groups is 1. The van der Waals surface area contributed by atoms with E-state index in [0.717, 1.165) is 16.3 Å². The van der Waals surface area contributed by atoms with Gasteiger partial charge in [-0.15, -0.1) is 16.2 Å². The molecule has 0 saturated heterocycles. The summed E-state index contributed by atoms with van der Waals surface area (Å²) in [4.78, 5) is 0.539. The van der Waals surface area contributed by atoms with Gasteiger partial charge < -0.3 is 5.73 Å². The Balaban J connectivity index is 1.59. The maximum Gasteiger partial charge on any atom is 0.286 e. The van der Waals surface area contributed by atoms with Gasteiger partial charge in [0.25, 0.3) is 10.0 Å². The second-order valence-corrected chi connectivity index (χ2v) is 11.1. The van der Waals surface area contributed by atoms with Crippen molar-refractivity contribution in [2.24, 2.45) is 10.1 Å². The van der Waals surface area contributed by atoms with E-state index < -0.39 is 10.0 Å². The van der Waals surface area contributed by atoms with Gasteiger partial charge in [0.1, 0.15) is 4.90 Å². The summed E-state index contributed by atoms with van der Waals surface area (Å²) in [7, 11) is -4.13. The van der Waals surface area contributed by atoms with E-state index in [0.29, 0.717) is 31.9 Å². The van der Waals surface area contributed by atoms with Gasteiger partial charge >= 0.3 is 0 Å². The summed E-state index contributed by atoms with van der Waals surface area (Å²) in [6, 6.07) is 24.1. The fourth-order valence-corrected chi connectivity index (χ4v) is 6.25. The lowest BCUT2D eigenvalue weighted by molar-refractivity contribution is 0.595. The summed E-state index contributed by atoms with van der Waals surface area (Å²) < 4.78 is 30.2. The Kier molecular flexibility index (Phi) is 7.76. The average Bonchev–Trinajstić information content (AvgIpc) is 2.83. The lowest BCUT2D eigenvalue weighted by atomic mass is 10.1. The van der Waals surface area contributed by atoms with Crippen LogP contribution >= 0.6 is 35.0 Å². The molecule has 10 heteroatoms. The molecule has 0 radical (unpaired) electrons. The lowest BCUT2D eigenvalue weighted by Gasteiger charge is -2.13. The maximum atomic E-state index is 13.2. The topological polar surface area (TPSA) is 96.6 Å². The molecule has 0 heterocycles. The Labute approximate surface area is 218 Å². The smallest absolute Gasteiger partial charge is 0.286 e. The van der Waals surface area contributed by atoms with Crippen LogP contribution in [-0.2, 0) is 15.8 Å². The van der Waals surface area contributed by atoms with Gasteiger partial charge in [0.2, 0.25) is 5.96 Å². The molecule has 0 amide bonds. The first-order chi connectivity index (χ1) is 16.7. The lowest BCUT2D eigenvalue weighted by Crippen LogP contribution is -2.36. The number of nitrogens with one attached hydrogen (secondary N) is 2. The van der Waals surface area contributed by atoms with Crippen molar-refractivity contribution in [3.63, 3.8) is 0 Å². The number of nitrogens with two attached hydrogens (primary N) is 1. The summed E-state index contributed by atoms with van der Waals surface area (Å²) in [5.74, 6) is 0.247. The Bertz CT molecular complexity index is 1500. The number of nitrogens with zero attached hydrogens (tertiary/aromatic N) is 1. The molecule has 6 nitrogen and oxygen atoms in total. The van der Waals surface area contributed by atoms with E-state index in [9.17, 15) is 8.42 Å². The molecule has 4 aromatic carbocycles. The van der Waals surface area contributed by atoms with Gasteiger partial charge in [-0.1, -0.05) is 65.7 Å². The molecule has 4 N–H and O–H groups in total. The number of fused-ring (bicyclic) bond motifs is 1. The van der Waals surface area contributed by atoms with Gasteiger partial charge in [-0.25, -0.2) is 0 Å². The van der Waals surface area contributed by atoms with E-state index in [-0.39, 0.29) is 10.9 Å². The molecule has 0 unspecified atom stereocenters. The van der Waals surface area contributed by atoms with Crippen LogP contribution in [0.15, 0.2) is 93.1 Å². The first kappa shape index (κ1) is 25.2. The van der Waals surface area contributed by atoms with E-state index in [2.05, 4.69) is 21.3 Å². The van der Waals surface area contributed by atoms with Crippen molar-refractivity contribution in [1.82, 2.24) is 5.43 Å². The summed E-state index contributed by atoms with van der Waals surface area (Å²) in [6.07, 6.45) is 0. The maximum absolute atomic E-state index is 13.2. The van der Waals surface area contributed by atoms with E-state index in [1.54, 1.807) is 37.3 Å². The van der Waals surface area contributed by atoms with Crippen LogP contribution in [-0.4, -0.2) is 14.4 Å². The van der Waals surface area contributed by atoms with Crippen molar-refractivity contribution in [2.45, 2.75) is 22.5 Å². The van der Waals surface area contributed by atoms with Crippen molar-refractivity contribution in [1.29, 1.82) is 0 Å². The number of aryl methyl sites for hydroxylation is 1. The van der Waals surface area contributed by atoms with Crippen LogP contribution in [0.5, 0.6) is 0 Å². The molecule has 4 aromatic rings. The monoisotopic (exact) mass is 544 g/mol. The number of benzene rings is 4. The molecule has 0 aliphatic carbocycles. The zero-order valence-corrected chi connectivity index (χ0v) is 21.8. The van der Waals surface area contributed by atoms with E-state index in [1.807, 2.05) is 36.4 Å². The minimum absolute atomic E-state index is 0.0425. The fourth-order valence-electron chi connectivity index (χ4n) is 3.40. The minimum atomic E-state index is -4.13. The molecule has 35 heavy (non-hydrogen) atoms. The van der Waals surface area contributed by atoms with Crippen LogP contribution < -0.4 is 16.6 Å². The van der Waals surface area contributed by atoms with E-state index >= 15 is 0 Å². The number of hydrazine groups is 1. The number of hydrogen-bond donors (Lipinski definition) is 3. The number of halogens is 2. The van der Waals surface area contributed by atoms with Crippen molar-refractivity contribution in [2.75, 3.05) is 5.43 Å². The van der Waals surface area contributed by atoms with Gasteiger partial charge in [-0.3, -0.25) is 10.9 Å². The molecular formula is C25H22Cl2N4O2S2. The van der Waals surface area contributed by atoms with Gasteiger partial charge in [-0.2, -0.15) is 8.42 Å². The average molecular weight is 546 g/mol. The third-order valence-corrected chi connectivity index (χ3v) is 8.39. The summed E-state index contributed by atoms with van der Waals surface area (Å²) >= 11 is 13.6. The largest absolute Gasteiger partial charge is 0.368 e. The Morgan fingerprint density at radius 2 is 1.71 bits per heavy atom. The first-order valence-electron chi connectivity index (χ1n) is 10.5. The Hall–Kier alpha value is -2.91.